The van der Waals surface area contributed by atoms with Crippen LogP contribution in [0.3, 0.4) is 0 Å². The molecule has 2 nitrogen and oxygen atoms in total. The van der Waals surface area contributed by atoms with Gasteiger partial charge >= 0.3 is 6.18 Å². The predicted molar refractivity (Wildman–Crippen MR) is 72.3 cm³/mol. The average molecular weight is 300 g/mol. The van der Waals surface area contributed by atoms with Crippen LogP contribution in [-0.2, 0) is 12.6 Å². The quantitative estimate of drug-likeness (QED) is 0.760. The smallest absolute Gasteiger partial charge is 0.242 e. The summed E-state index contributed by atoms with van der Waals surface area (Å²) in [6.07, 6.45) is -3.10. The van der Waals surface area contributed by atoms with Gasteiger partial charge in [-0.15, -0.1) is 0 Å². The molecule has 0 saturated heterocycles. The van der Waals surface area contributed by atoms with Crippen molar-refractivity contribution in [2.45, 2.75) is 33.4 Å². The summed E-state index contributed by atoms with van der Waals surface area (Å²) in [4.78, 5) is 7.83. The summed E-state index contributed by atoms with van der Waals surface area (Å²) in [5.41, 5.74) is 0.488. The van der Waals surface area contributed by atoms with Gasteiger partial charge < -0.3 is 0 Å². The Labute approximate surface area is 120 Å². The van der Waals surface area contributed by atoms with E-state index in [4.69, 9.17) is 0 Å². The Morgan fingerprint density at radius 3 is 2.24 bits per heavy atom. The number of rotatable bonds is 2. The van der Waals surface area contributed by atoms with E-state index >= 15 is 0 Å². The number of aromatic nitrogens is 2. The summed E-state index contributed by atoms with van der Waals surface area (Å²) >= 11 is 0. The maximum Gasteiger partial charge on any atom is 0.416 e. The number of aryl methyl sites for hydroxylation is 1. The van der Waals surface area contributed by atoms with E-state index in [2.05, 4.69) is 9.97 Å². The molecule has 0 radical (unpaired) electrons. The maximum atomic E-state index is 13.2. The third-order valence-corrected chi connectivity index (χ3v) is 2.53. The van der Waals surface area contributed by atoms with Crippen molar-refractivity contribution in [3.63, 3.8) is 0 Å². The molecule has 0 aliphatic rings. The lowest BCUT2D eigenvalue weighted by Crippen LogP contribution is -2.07. The van der Waals surface area contributed by atoms with Crippen LogP contribution >= 0.6 is 0 Å². The van der Waals surface area contributed by atoms with Crippen LogP contribution in [0.1, 0.15) is 36.4 Å². The summed E-state index contributed by atoms with van der Waals surface area (Å²) < 4.78 is 50.9. The highest BCUT2D eigenvalue weighted by atomic mass is 19.4. The van der Waals surface area contributed by atoms with Crippen molar-refractivity contribution in [2.24, 2.45) is 0 Å². The molecule has 21 heavy (non-hydrogen) atoms. The minimum Gasteiger partial charge on any atom is -0.242 e. The van der Waals surface area contributed by atoms with Crippen molar-refractivity contribution >= 4 is 0 Å². The second-order valence-electron chi connectivity index (χ2n) is 4.17. The summed E-state index contributed by atoms with van der Waals surface area (Å²) in [5, 5.41) is 0. The molecular weight excluding hydrogens is 284 g/mol. The summed E-state index contributed by atoms with van der Waals surface area (Å²) in [6, 6.07) is 4.14. The molecule has 0 spiro atoms. The van der Waals surface area contributed by atoms with Gasteiger partial charge in [0.05, 0.1) is 5.56 Å². The molecule has 1 aromatic heterocycles. The Kier molecular flexibility index (Phi) is 5.81. The molecule has 6 heteroatoms. The molecule has 0 saturated carbocycles. The van der Waals surface area contributed by atoms with Crippen molar-refractivity contribution < 1.29 is 17.6 Å². The number of hydrogen-bond donors (Lipinski definition) is 0. The second-order valence-corrected chi connectivity index (χ2v) is 4.17. The van der Waals surface area contributed by atoms with Gasteiger partial charge in [-0.3, -0.25) is 0 Å². The van der Waals surface area contributed by atoms with Gasteiger partial charge in [-0.25, -0.2) is 14.4 Å². The van der Waals surface area contributed by atoms with E-state index in [0.29, 0.717) is 17.5 Å². The highest BCUT2D eigenvalue weighted by Crippen LogP contribution is 2.30. The summed E-state index contributed by atoms with van der Waals surface area (Å²) in [6.45, 7) is 5.75. The van der Waals surface area contributed by atoms with Gasteiger partial charge in [-0.05, 0) is 36.8 Å². The van der Waals surface area contributed by atoms with Gasteiger partial charge in [-0.1, -0.05) is 13.8 Å². The number of halogens is 4. The summed E-state index contributed by atoms with van der Waals surface area (Å²) in [5.74, 6) is -0.907. The van der Waals surface area contributed by atoms with Crippen molar-refractivity contribution in [1.29, 1.82) is 0 Å². The van der Waals surface area contributed by atoms with Gasteiger partial charge in [0, 0.05) is 17.8 Å². The molecule has 0 aliphatic heterocycles. The molecule has 1 aromatic carbocycles. The first-order valence-electron chi connectivity index (χ1n) is 6.49. The zero-order valence-electron chi connectivity index (χ0n) is 12.0. The van der Waals surface area contributed by atoms with Crippen LogP contribution in [0.5, 0.6) is 0 Å². The monoisotopic (exact) mass is 300 g/mol. The second kappa shape index (κ2) is 7.15. The third kappa shape index (κ3) is 5.13. The maximum absolute atomic E-state index is 13.2. The molecule has 0 amide bonds. The SMILES string of the molecule is CC.Cc1cc(Cc2cc(F)cc(C(F)(F)F)c2)ncn1. The van der Waals surface area contributed by atoms with Gasteiger partial charge in [0.1, 0.15) is 12.1 Å². The number of alkyl halides is 3. The van der Waals surface area contributed by atoms with Crippen molar-refractivity contribution in [2.75, 3.05) is 0 Å². The van der Waals surface area contributed by atoms with Gasteiger partial charge in [-0.2, -0.15) is 13.2 Å². The molecule has 2 rings (SSSR count). The molecule has 0 atom stereocenters. The fraction of sp³-hybridized carbons (Fsp3) is 0.333. The van der Waals surface area contributed by atoms with E-state index in [9.17, 15) is 17.6 Å². The highest BCUT2D eigenvalue weighted by Gasteiger charge is 2.31. The Morgan fingerprint density at radius 1 is 1.00 bits per heavy atom. The minimum atomic E-state index is -4.56. The van der Waals surface area contributed by atoms with Crippen LogP contribution in [0.2, 0.25) is 0 Å². The Morgan fingerprint density at radius 2 is 1.67 bits per heavy atom. The molecular formula is C15H16F4N2. The van der Waals surface area contributed by atoms with E-state index in [1.807, 2.05) is 13.8 Å². The molecule has 0 unspecified atom stereocenters. The predicted octanol–water partition coefficient (Wildman–Crippen LogP) is 4.56. The molecule has 0 bridgehead atoms. The normalized spacial score (nSPS) is 10.8. The van der Waals surface area contributed by atoms with Crippen LogP contribution in [0.4, 0.5) is 17.6 Å². The zero-order valence-corrected chi connectivity index (χ0v) is 12.0. The van der Waals surface area contributed by atoms with Gasteiger partial charge in [0.25, 0.3) is 0 Å². The summed E-state index contributed by atoms with van der Waals surface area (Å²) in [7, 11) is 0. The fourth-order valence-electron chi connectivity index (χ4n) is 1.73. The highest BCUT2D eigenvalue weighted by molar-refractivity contribution is 5.29. The Bertz CT molecular complexity index is 594. The van der Waals surface area contributed by atoms with Crippen LogP contribution in [0.25, 0.3) is 0 Å². The van der Waals surface area contributed by atoms with E-state index in [1.54, 1.807) is 13.0 Å². The lowest BCUT2D eigenvalue weighted by atomic mass is 10.1. The van der Waals surface area contributed by atoms with E-state index in [-0.39, 0.29) is 12.0 Å². The number of benzene rings is 1. The van der Waals surface area contributed by atoms with Crippen LogP contribution in [-0.4, -0.2) is 9.97 Å². The van der Waals surface area contributed by atoms with Crippen molar-refractivity contribution in [3.8, 4) is 0 Å². The third-order valence-electron chi connectivity index (χ3n) is 2.53. The molecule has 2 aromatic rings. The van der Waals surface area contributed by atoms with Crippen LogP contribution in [0, 0.1) is 12.7 Å². The van der Waals surface area contributed by atoms with E-state index in [1.165, 1.54) is 6.33 Å². The molecule has 0 N–H and O–H groups in total. The first-order chi connectivity index (χ1) is 9.84. The van der Waals surface area contributed by atoms with Crippen molar-refractivity contribution in [1.82, 2.24) is 9.97 Å². The van der Waals surface area contributed by atoms with E-state index < -0.39 is 17.6 Å². The lowest BCUT2D eigenvalue weighted by molar-refractivity contribution is -0.137. The van der Waals surface area contributed by atoms with Crippen LogP contribution in [0.15, 0.2) is 30.6 Å². The Balaban J connectivity index is 0.00000106. The minimum absolute atomic E-state index is 0.129. The van der Waals surface area contributed by atoms with Crippen molar-refractivity contribution in [3.05, 3.63) is 58.9 Å². The number of hydrogen-bond acceptors (Lipinski definition) is 2. The fourth-order valence-corrected chi connectivity index (χ4v) is 1.73. The standard InChI is InChI=1S/C13H10F4N2.C2H6/c1-8-2-12(19-7-18-8)5-9-3-10(13(15,16)17)6-11(14)4-9;1-2/h2-4,6-7H,5H2,1H3;1-2H3. The Hall–Kier alpha value is -1.98. The molecule has 114 valence electrons. The zero-order chi connectivity index (χ0) is 16.0. The first-order valence-corrected chi connectivity index (χ1v) is 6.49. The van der Waals surface area contributed by atoms with E-state index in [0.717, 1.165) is 12.1 Å². The molecule has 1 heterocycles. The first kappa shape index (κ1) is 17.1. The average Bonchev–Trinajstić information content (AvgIpc) is 2.39. The lowest BCUT2D eigenvalue weighted by Gasteiger charge is -2.09. The van der Waals surface area contributed by atoms with Gasteiger partial charge in [0.2, 0.25) is 0 Å². The van der Waals surface area contributed by atoms with Crippen LogP contribution < -0.4 is 0 Å². The molecule has 0 fully saturated rings. The number of nitrogens with zero attached hydrogens (tertiary/aromatic N) is 2. The molecule has 0 aliphatic carbocycles. The topological polar surface area (TPSA) is 25.8 Å². The van der Waals surface area contributed by atoms with Gasteiger partial charge in [0.15, 0.2) is 0 Å². The largest absolute Gasteiger partial charge is 0.416 e.